The molecule has 0 fully saturated rings. The molecule has 42 heavy (non-hydrogen) atoms. The lowest BCUT2D eigenvalue weighted by Gasteiger charge is -2.08. The van der Waals surface area contributed by atoms with Crippen LogP contribution in [0.3, 0.4) is 0 Å². The molecular weight excluding hydrogens is 528 g/mol. The maximum Gasteiger partial charge on any atom is 0.323 e. The van der Waals surface area contributed by atoms with Crippen molar-refractivity contribution in [3.63, 3.8) is 0 Å². The number of nitrogens with zero attached hydrogens (tertiary/aromatic N) is 4. The summed E-state index contributed by atoms with van der Waals surface area (Å²) < 4.78 is 0. The number of urea groups is 1. The smallest absolute Gasteiger partial charge is 0.323 e. The van der Waals surface area contributed by atoms with E-state index in [0.717, 1.165) is 21.5 Å². The number of anilines is 2. The Bertz CT molecular complexity index is 1860. The van der Waals surface area contributed by atoms with Crippen molar-refractivity contribution < 1.29 is 15.0 Å². The van der Waals surface area contributed by atoms with E-state index < -0.39 is 6.03 Å². The summed E-state index contributed by atoms with van der Waals surface area (Å²) in [6, 6.07) is 35.3. The Morgan fingerprint density at radius 2 is 0.952 bits per heavy atom. The van der Waals surface area contributed by atoms with Gasteiger partial charge >= 0.3 is 6.03 Å². The molecule has 0 atom stereocenters. The third-order valence-electron chi connectivity index (χ3n) is 6.50. The highest BCUT2D eigenvalue weighted by Gasteiger charge is 2.08. The average Bonchev–Trinajstić information content (AvgIpc) is 3.00. The average molecular weight is 553 g/mol. The summed E-state index contributed by atoms with van der Waals surface area (Å²) in [6.45, 7) is 0. The minimum absolute atomic E-state index is 0.0294. The Labute approximate surface area is 240 Å². The molecule has 0 spiro atoms. The van der Waals surface area contributed by atoms with Crippen LogP contribution in [-0.4, -0.2) is 16.2 Å². The van der Waals surface area contributed by atoms with Crippen molar-refractivity contribution >= 4 is 61.7 Å². The van der Waals surface area contributed by atoms with Gasteiger partial charge < -0.3 is 20.8 Å². The Morgan fingerprint density at radius 1 is 0.500 bits per heavy atom. The van der Waals surface area contributed by atoms with Gasteiger partial charge in [-0.25, -0.2) is 4.79 Å². The lowest BCUT2D eigenvalue weighted by molar-refractivity contribution is 0.262. The van der Waals surface area contributed by atoms with Crippen molar-refractivity contribution in [3.8, 4) is 11.5 Å². The zero-order valence-electron chi connectivity index (χ0n) is 22.1. The number of aromatic hydroxyl groups is 2. The highest BCUT2D eigenvalue weighted by atomic mass is 16.3. The number of nitrogens with one attached hydrogen (secondary N) is 2. The number of phenols is 2. The first-order chi connectivity index (χ1) is 20.5. The van der Waals surface area contributed by atoms with E-state index in [1.807, 2.05) is 60.7 Å². The van der Waals surface area contributed by atoms with Crippen LogP contribution in [0, 0.1) is 0 Å². The molecule has 0 saturated heterocycles. The maximum atomic E-state index is 12.7. The van der Waals surface area contributed by atoms with E-state index >= 15 is 0 Å². The molecule has 0 bridgehead atoms. The highest BCUT2D eigenvalue weighted by molar-refractivity contribution is 6.00. The van der Waals surface area contributed by atoms with E-state index in [4.69, 9.17) is 0 Å². The molecule has 0 unspecified atom stereocenters. The fraction of sp³-hybridized carbons (Fsp3) is 0. The normalized spacial score (nSPS) is 11.4. The van der Waals surface area contributed by atoms with Crippen molar-refractivity contribution in [1.29, 1.82) is 0 Å². The number of rotatable bonds is 6. The van der Waals surface area contributed by atoms with Gasteiger partial charge in [-0.15, -0.1) is 10.2 Å². The third kappa shape index (κ3) is 5.75. The highest BCUT2D eigenvalue weighted by Crippen LogP contribution is 2.37. The molecule has 204 valence electrons. The molecular formula is C33H24N6O3. The molecule has 4 N–H and O–H groups in total. The van der Waals surface area contributed by atoms with Crippen molar-refractivity contribution in [2.24, 2.45) is 20.5 Å². The predicted octanol–water partition coefficient (Wildman–Crippen LogP) is 9.88. The standard InChI is InChI=1S/C33H24N6O3/c40-29-17-15-21-7-1-3-13-27(21)31(29)38-36-25-11-5-9-23(19-25)34-33(42)35-24-10-6-12-26(20-24)37-39-32-28-14-4-2-8-22(28)16-18-30(32)41/h1-20,40-41H,(H2,34,35,42). The minimum Gasteiger partial charge on any atom is -0.506 e. The molecule has 0 aromatic heterocycles. The van der Waals surface area contributed by atoms with Crippen LogP contribution < -0.4 is 10.6 Å². The van der Waals surface area contributed by atoms with Crippen LogP contribution in [0.4, 0.5) is 38.9 Å². The van der Waals surface area contributed by atoms with E-state index in [2.05, 4.69) is 31.1 Å². The Hall–Kier alpha value is -6.09. The second-order valence-corrected chi connectivity index (χ2v) is 9.39. The topological polar surface area (TPSA) is 131 Å². The Kier molecular flexibility index (Phi) is 7.20. The van der Waals surface area contributed by atoms with E-state index in [1.165, 1.54) is 0 Å². The molecule has 0 aliphatic heterocycles. The quantitative estimate of drug-likeness (QED) is 0.153. The summed E-state index contributed by atoms with van der Waals surface area (Å²) in [5.74, 6) is 0.0589. The summed E-state index contributed by atoms with van der Waals surface area (Å²) in [7, 11) is 0. The molecule has 0 aliphatic rings. The van der Waals surface area contributed by atoms with Crippen LogP contribution in [0.25, 0.3) is 21.5 Å². The number of benzene rings is 6. The van der Waals surface area contributed by atoms with Crippen LogP contribution in [0.15, 0.2) is 142 Å². The predicted molar refractivity (Wildman–Crippen MR) is 165 cm³/mol. The lowest BCUT2D eigenvalue weighted by atomic mass is 10.1. The van der Waals surface area contributed by atoms with Crippen LogP contribution in [0.2, 0.25) is 0 Å². The van der Waals surface area contributed by atoms with Gasteiger partial charge in [-0.2, -0.15) is 10.2 Å². The van der Waals surface area contributed by atoms with Gasteiger partial charge in [-0.3, -0.25) is 0 Å². The summed E-state index contributed by atoms with van der Waals surface area (Å²) in [5, 5.41) is 46.8. The number of hydrogen-bond donors (Lipinski definition) is 4. The molecule has 0 aliphatic carbocycles. The largest absolute Gasteiger partial charge is 0.506 e. The number of fused-ring (bicyclic) bond motifs is 2. The van der Waals surface area contributed by atoms with Gasteiger partial charge in [0.2, 0.25) is 0 Å². The van der Waals surface area contributed by atoms with Crippen molar-refractivity contribution in [2.45, 2.75) is 0 Å². The first-order valence-corrected chi connectivity index (χ1v) is 13.1. The third-order valence-corrected chi connectivity index (χ3v) is 6.50. The second kappa shape index (κ2) is 11.6. The van der Waals surface area contributed by atoms with Crippen LogP contribution in [0.5, 0.6) is 11.5 Å². The van der Waals surface area contributed by atoms with Gasteiger partial charge in [0, 0.05) is 22.1 Å². The van der Waals surface area contributed by atoms with Gasteiger partial charge in [0.05, 0.1) is 11.4 Å². The van der Waals surface area contributed by atoms with Gasteiger partial charge in [0.1, 0.15) is 22.9 Å². The van der Waals surface area contributed by atoms with E-state index in [-0.39, 0.29) is 11.5 Å². The number of azo groups is 2. The molecule has 9 nitrogen and oxygen atoms in total. The molecule has 0 heterocycles. The monoisotopic (exact) mass is 552 g/mol. The fourth-order valence-corrected chi connectivity index (χ4v) is 4.50. The van der Waals surface area contributed by atoms with Crippen LogP contribution >= 0.6 is 0 Å². The summed E-state index contributed by atoms with van der Waals surface area (Å²) >= 11 is 0. The molecule has 0 radical (unpaired) electrons. The summed E-state index contributed by atoms with van der Waals surface area (Å²) in [4.78, 5) is 12.7. The second-order valence-electron chi connectivity index (χ2n) is 9.39. The SMILES string of the molecule is O=C(Nc1cccc(N=Nc2c(O)ccc3ccccc23)c1)Nc1cccc(N=Nc2c(O)ccc3ccccc23)c1. The molecule has 6 aromatic rings. The molecule has 0 saturated carbocycles. The number of phenolic OH excluding ortho intramolecular Hbond substituents is 2. The van der Waals surface area contributed by atoms with E-state index in [0.29, 0.717) is 34.1 Å². The molecule has 2 amide bonds. The van der Waals surface area contributed by atoms with Crippen molar-refractivity contribution in [1.82, 2.24) is 0 Å². The van der Waals surface area contributed by atoms with E-state index in [1.54, 1.807) is 60.7 Å². The fourth-order valence-electron chi connectivity index (χ4n) is 4.50. The maximum absolute atomic E-state index is 12.7. The van der Waals surface area contributed by atoms with Gasteiger partial charge in [0.25, 0.3) is 0 Å². The number of hydrogen-bond acceptors (Lipinski definition) is 7. The zero-order chi connectivity index (χ0) is 28.9. The van der Waals surface area contributed by atoms with Gasteiger partial charge in [-0.05, 0) is 59.3 Å². The van der Waals surface area contributed by atoms with E-state index in [9.17, 15) is 15.0 Å². The molecule has 9 heteroatoms. The van der Waals surface area contributed by atoms with Crippen molar-refractivity contribution in [3.05, 3.63) is 121 Å². The molecule has 6 rings (SSSR count). The first-order valence-electron chi connectivity index (χ1n) is 13.1. The van der Waals surface area contributed by atoms with Gasteiger partial charge in [0.15, 0.2) is 0 Å². The Balaban J connectivity index is 1.14. The first kappa shape index (κ1) is 26.1. The summed E-state index contributed by atoms with van der Waals surface area (Å²) in [5.41, 5.74) is 2.76. The number of carbonyl (C=O) groups excluding carboxylic acids is 1. The summed E-state index contributed by atoms with van der Waals surface area (Å²) in [6.07, 6.45) is 0. The minimum atomic E-state index is -0.462. The van der Waals surface area contributed by atoms with Crippen molar-refractivity contribution in [2.75, 3.05) is 10.6 Å². The van der Waals surface area contributed by atoms with Crippen LogP contribution in [-0.2, 0) is 0 Å². The van der Waals surface area contributed by atoms with Gasteiger partial charge in [-0.1, -0.05) is 72.8 Å². The number of carbonyl (C=O) groups is 1. The van der Waals surface area contributed by atoms with Crippen LogP contribution in [0.1, 0.15) is 0 Å². The Morgan fingerprint density at radius 3 is 1.43 bits per heavy atom. The zero-order valence-corrected chi connectivity index (χ0v) is 22.1. The number of amides is 2. The molecule has 6 aromatic carbocycles. The lowest BCUT2D eigenvalue weighted by Crippen LogP contribution is -2.19.